The number of nitro groups is 1. The largest absolute Gasteiger partial charge is 0.478 e. The lowest BCUT2D eigenvalue weighted by Crippen LogP contribution is -2.42. The van der Waals surface area contributed by atoms with Crippen molar-refractivity contribution < 1.29 is 55.6 Å². The van der Waals surface area contributed by atoms with E-state index >= 15 is 0 Å². The minimum absolute atomic E-state index is 0.230. The maximum Gasteiger partial charge on any atom is 0.405 e. The average molecular weight is 993 g/mol. The molecule has 37 heavy (non-hydrogen) atoms. The Morgan fingerprint density at radius 3 is 2.00 bits per heavy atom. The van der Waals surface area contributed by atoms with Gasteiger partial charge in [0.15, 0.2) is 6.10 Å². The molecule has 19 heteroatoms. The van der Waals surface area contributed by atoms with Crippen LogP contribution in [0, 0.1) is 24.4 Å². The predicted octanol–water partition coefficient (Wildman–Crippen LogP) is 4.96. The minimum atomic E-state index is -6.00. The number of aromatic carboxylic acids is 1. The van der Waals surface area contributed by atoms with E-state index in [-0.39, 0.29) is 18.3 Å². The third-order valence-corrected chi connectivity index (χ3v) is 12.8. The summed E-state index contributed by atoms with van der Waals surface area (Å²) in [5, 5.41) is 16.0. The van der Waals surface area contributed by atoms with Crippen molar-refractivity contribution in [1.82, 2.24) is 0 Å². The topological polar surface area (TPSA) is 187 Å². The Kier molecular flexibility index (Phi) is 10.4. The summed E-state index contributed by atoms with van der Waals surface area (Å²) in [5.74, 6) is -4.95. The Hall–Kier alpha value is -1.06. The molecule has 1 atom stereocenters. The zero-order valence-corrected chi connectivity index (χ0v) is 26.9. The maximum absolute atomic E-state index is 13.8. The molecule has 0 saturated carbocycles. The third kappa shape index (κ3) is 6.75. The number of esters is 2. The van der Waals surface area contributed by atoms with Gasteiger partial charge in [-0.3, -0.25) is 14.7 Å². The molecule has 0 bridgehead atoms. The SMILES string of the molecule is CC(OC(=O)c1cc(OC(=O)c2c(I)c(I)c(I)c(I)c2C(=O)O)ccc1[N+](=O)[O-])C(F)(F)S(=O)(=O)O. The van der Waals surface area contributed by atoms with Crippen LogP contribution in [0.4, 0.5) is 14.5 Å². The van der Waals surface area contributed by atoms with Crippen molar-refractivity contribution >= 4 is 124 Å². The summed E-state index contributed by atoms with van der Waals surface area (Å²) in [7, 11) is -6.00. The van der Waals surface area contributed by atoms with E-state index in [2.05, 4.69) is 4.74 Å². The molecule has 0 spiro atoms. The van der Waals surface area contributed by atoms with Crippen LogP contribution in [0.5, 0.6) is 5.75 Å². The van der Waals surface area contributed by atoms with Crippen LogP contribution in [0.15, 0.2) is 18.2 Å². The highest BCUT2D eigenvalue weighted by molar-refractivity contribution is 14.1. The van der Waals surface area contributed by atoms with Crippen molar-refractivity contribution in [1.29, 1.82) is 0 Å². The molecule has 0 saturated heterocycles. The van der Waals surface area contributed by atoms with Gasteiger partial charge >= 0.3 is 33.3 Å². The Morgan fingerprint density at radius 2 is 1.54 bits per heavy atom. The van der Waals surface area contributed by atoms with Crippen LogP contribution in [-0.2, 0) is 14.9 Å². The Bertz CT molecular complexity index is 1450. The average Bonchev–Trinajstić information content (AvgIpc) is 2.78. The Morgan fingerprint density at radius 1 is 1.03 bits per heavy atom. The minimum Gasteiger partial charge on any atom is -0.478 e. The van der Waals surface area contributed by atoms with Crippen LogP contribution in [0.25, 0.3) is 0 Å². The maximum atomic E-state index is 13.8. The number of alkyl halides is 2. The first-order valence-corrected chi connectivity index (χ1v) is 14.7. The lowest BCUT2D eigenvalue weighted by atomic mass is 10.1. The second kappa shape index (κ2) is 12.0. The molecule has 0 fully saturated rings. The summed E-state index contributed by atoms with van der Waals surface area (Å²) >= 11 is 7.27. The van der Waals surface area contributed by atoms with Crippen molar-refractivity contribution in [3.8, 4) is 5.75 Å². The molecule has 0 amide bonds. The number of carbonyl (C=O) groups excluding carboxylic acids is 2. The van der Waals surface area contributed by atoms with E-state index in [0.29, 0.717) is 26.2 Å². The number of rotatable bonds is 8. The summed E-state index contributed by atoms with van der Waals surface area (Å²) in [6, 6.07) is 2.18. The first kappa shape index (κ1) is 32.2. The smallest absolute Gasteiger partial charge is 0.405 e. The number of carboxylic acids is 1. The molecule has 2 aromatic carbocycles. The molecular weight excluding hydrogens is 984 g/mol. The first-order chi connectivity index (χ1) is 16.8. The standard InChI is InChI=1S/C18H9F2I4NO11S/c1-5(18(19,20)37(32,33)34)35-16(28)7-4-6(2-3-8(7)25(30)31)36-17(29)10-9(15(26)27)11(21)13(23)14(24)12(10)22/h2-5H,1H3,(H,26,27)(H,32,33,34). The molecule has 0 aromatic heterocycles. The van der Waals surface area contributed by atoms with E-state index in [1.54, 1.807) is 45.2 Å². The molecule has 2 rings (SSSR count). The number of nitro benzene ring substituents is 1. The van der Waals surface area contributed by atoms with Crippen LogP contribution < -0.4 is 4.74 Å². The second-order valence-corrected chi connectivity index (χ2v) is 12.5. The highest BCUT2D eigenvalue weighted by Crippen LogP contribution is 2.35. The van der Waals surface area contributed by atoms with Gasteiger partial charge < -0.3 is 14.6 Å². The number of hydrogen-bond donors (Lipinski definition) is 2. The molecule has 0 radical (unpaired) electrons. The van der Waals surface area contributed by atoms with E-state index < -0.39 is 61.3 Å². The van der Waals surface area contributed by atoms with E-state index in [0.717, 1.165) is 6.07 Å². The van der Waals surface area contributed by atoms with E-state index in [1.807, 2.05) is 45.2 Å². The van der Waals surface area contributed by atoms with E-state index in [1.165, 1.54) is 0 Å². The second-order valence-electron chi connectivity index (χ2n) is 6.72. The number of benzene rings is 2. The summed E-state index contributed by atoms with van der Waals surface area (Å²) in [6.07, 6.45) is -2.77. The quantitative estimate of drug-likeness (QED) is 0.0533. The highest BCUT2D eigenvalue weighted by Gasteiger charge is 2.52. The molecule has 2 N–H and O–H groups in total. The monoisotopic (exact) mass is 993 g/mol. The van der Waals surface area contributed by atoms with Gasteiger partial charge in [-0.15, -0.1) is 0 Å². The molecule has 2 aromatic rings. The molecule has 12 nitrogen and oxygen atoms in total. The molecule has 0 aliphatic carbocycles. The van der Waals surface area contributed by atoms with Gasteiger partial charge in [0.2, 0.25) is 0 Å². The fourth-order valence-electron chi connectivity index (χ4n) is 2.59. The Balaban J connectivity index is 2.54. The number of carboxylic acid groups (broad SMARTS) is 1. The van der Waals surface area contributed by atoms with Gasteiger partial charge in [0.1, 0.15) is 11.3 Å². The van der Waals surface area contributed by atoms with Gasteiger partial charge in [-0.1, -0.05) is 0 Å². The van der Waals surface area contributed by atoms with Gasteiger partial charge in [-0.05, 0) is 103 Å². The summed E-state index contributed by atoms with van der Waals surface area (Å²) in [6.45, 7) is 0.427. The summed E-state index contributed by atoms with van der Waals surface area (Å²) < 4.78 is 69.0. The normalized spacial score (nSPS) is 12.5. The third-order valence-electron chi connectivity index (χ3n) is 4.38. The highest BCUT2D eigenvalue weighted by atomic mass is 127. The fraction of sp³-hybridized carbons (Fsp3) is 0.167. The van der Waals surface area contributed by atoms with Crippen LogP contribution in [-0.4, -0.2) is 52.3 Å². The molecule has 1 unspecified atom stereocenters. The molecule has 0 aliphatic rings. The fourth-order valence-corrected chi connectivity index (χ4v) is 6.69. The number of nitrogens with zero attached hydrogens (tertiary/aromatic N) is 1. The van der Waals surface area contributed by atoms with E-state index in [4.69, 9.17) is 9.29 Å². The number of carbonyl (C=O) groups is 3. The summed E-state index contributed by atoms with van der Waals surface area (Å²) in [5.41, 5.74) is -2.67. The van der Waals surface area contributed by atoms with Crippen molar-refractivity contribution in [2.45, 2.75) is 18.3 Å². The molecule has 0 heterocycles. The zero-order chi connectivity index (χ0) is 28.6. The van der Waals surface area contributed by atoms with Crippen molar-refractivity contribution in [2.24, 2.45) is 0 Å². The van der Waals surface area contributed by atoms with Crippen molar-refractivity contribution in [3.05, 3.63) is 59.3 Å². The van der Waals surface area contributed by atoms with Gasteiger partial charge in [-0.2, -0.15) is 17.2 Å². The number of halogens is 6. The van der Waals surface area contributed by atoms with Crippen LogP contribution in [0.1, 0.15) is 38.0 Å². The predicted molar refractivity (Wildman–Crippen MR) is 154 cm³/mol. The van der Waals surface area contributed by atoms with Gasteiger partial charge in [-0.25, -0.2) is 14.4 Å². The summed E-state index contributed by atoms with van der Waals surface area (Å²) in [4.78, 5) is 47.5. The lowest BCUT2D eigenvalue weighted by molar-refractivity contribution is -0.385. The zero-order valence-electron chi connectivity index (χ0n) is 17.5. The van der Waals surface area contributed by atoms with Crippen LogP contribution in [0.2, 0.25) is 0 Å². The van der Waals surface area contributed by atoms with Crippen molar-refractivity contribution in [2.75, 3.05) is 0 Å². The lowest BCUT2D eigenvalue weighted by Gasteiger charge is -2.20. The molecule has 0 aliphatic heterocycles. The number of hydrogen-bond acceptors (Lipinski definition) is 9. The Labute approximate surface area is 260 Å². The number of ether oxygens (including phenoxy) is 2. The van der Waals surface area contributed by atoms with Gasteiger partial charge in [0.05, 0.1) is 16.1 Å². The van der Waals surface area contributed by atoms with Crippen LogP contribution >= 0.6 is 90.4 Å². The van der Waals surface area contributed by atoms with Crippen LogP contribution in [0.3, 0.4) is 0 Å². The van der Waals surface area contributed by atoms with E-state index in [9.17, 15) is 46.8 Å². The molecule has 200 valence electrons. The molecular formula is C18H9F2I4NO11S. The van der Waals surface area contributed by atoms with Gasteiger partial charge in [0, 0.05) is 26.4 Å². The first-order valence-electron chi connectivity index (χ1n) is 8.98. The van der Waals surface area contributed by atoms with Crippen molar-refractivity contribution in [3.63, 3.8) is 0 Å². The van der Waals surface area contributed by atoms with Gasteiger partial charge in [0.25, 0.3) is 5.69 Å².